The van der Waals surface area contributed by atoms with Crippen molar-refractivity contribution in [1.29, 1.82) is 0 Å². The van der Waals surface area contributed by atoms with Crippen LogP contribution in [0.5, 0.6) is 0 Å². The van der Waals surface area contributed by atoms with Crippen molar-refractivity contribution in [2.75, 3.05) is 13.7 Å². The molecule has 3 rings (SSSR count). The highest BCUT2D eigenvalue weighted by molar-refractivity contribution is 7.07. The highest BCUT2D eigenvalue weighted by Gasteiger charge is 2.52. The minimum absolute atomic E-state index is 0.0168. The Hall–Kier alpha value is -1.40. The van der Waals surface area contributed by atoms with Gasteiger partial charge >= 0.3 is 6.03 Å². The third kappa shape index (κ3) is 2.82. The molecular weight excluding hydrogens is 286 g/mol. The summed E-state index contributed by atoms with van der Waals surface area (Å²) in [5.74, 6) is -0.0168. The number of amides is 3. The summed E-state index contributed by atoms with van der Waals surface area (Å²) in [5.41, 5.74) is 0.648. The summed E-state index contributed by atoms with van der Waals surface area (Å²) < 4.78 is 0. The SMILES string of the molecule is C[NH+](Cc1ccsc1)CN1C(=O)NC2(CCCCC2)C1=O. The number of rotatable bonds is 4. The first kappa shape index (κ1) is 14.5. The van der Waals surface area contributed by atoms with E-state index < -0.39 is 5.54 Å². The van der Waals surface area contributed by atoms with Gasteiger partial charge in [0.1, 0.15) is 12.1 Å². The van der Waals surface area contributed by atoms with Gasteiger partial charge < -0.3 is 10.2 Å². The number of nitrogens with zero attached hydrogens (tertiary/aromatic N) is 1. The van der Waals surface area contributed by atoms with E-state index in [9.17, 15) is 9.59 Å². The molecule has 3 amide bonds. The monoisotopic (exact) mass is 308 g/mol. The van der Waals surface area contributed by atoms with Crippen LogP contribution >= 0.6 is 11.3 Å². The quantitative estimate of drug-likeness (QED) is 0.815. The average molecular weight is 308 g/mol. The van der Waals surface area contributed by atoms with Gasteiger partial charge in [-0.2, -0.15) is 11.3 Å². The predicted octanol–water partition coefficient (Wildman–Crippen LogP) is 0.975. The van der Waals surface area contributed by atoms with E-state index in [4.69, 9.17) is 0 Å². The number of thiophene rings is 1. The van der Waals surface area contributed by atoms with E-state index in [0.717, 1.165) is 43.5 Å². The molecule has 5 nitrogen and oxygen atoms in total. The van der Waals surface area contributed by atoms with Crippen molar-refractivity contribution in [3.05, 3.63) is 22.4 Å². The fraction of sp³-hybridized carbons (Fsp3) is 0.600. The highest BCUT2D eigenvalue weighted by Crippen LogP contribution is 2.33. The molecule has 1 saturated heterocycles. The third-order valence-corrected chi connectivity index (χ3v) is 5.20. The molecule has 1 unspecified atom stereocenters. The standard InChI is InChI=1S/C15H21N3O2S/c1-17(9-12-5-8-21-10-12)11-18-13(19)15(16-14(18)20)6-3-2-4-7-15/h5,8,10H,2-4,6-7,9,11H2,1H3,(H,16,20)/p+1. The van der Waals surface area contributed by atoms with Crippen LogP contribution in [0.3, 0.4) is 0 Å². The van der Waals surface area contributed by atoms with Gasteiger partial charge in [0, 0.05) is 5.56 Å². The van der Waals surface area contributed by atoms with Crippen LogP contribution in [0.25, 0.3) is 0 Å². The van der Waals surface area contributed by atoms with Gasteiger partial charge in [0.15, 0.2) is 6.67 Å². The lowest BCUT2D eigenvalue weighted by Gasteiger charge is -2.30. The van der Waals surface area contributed by atoms with Gasteiger partial charge in [0.05, 0.1) is 7.05 Å². The van der Waals surface area contributed by atoms with E-state index in [2.05, 4.69) is 16.8 Å². The largest absolute Gasteiger partial charge is 0.329 e. The zero-order valence-corrected chi connectivity index (χ0v) is 13.2. The van der Waals surface area contributed by atoms with E-state index in [1.54, 1.807) is 11.3 Å². The number of hydrogen-bond donors (Lipinski definition) is 2. The minimum atomic E-state index is -0.599. The van der Waals surface area contributed by atoms with Crippen LogP contribution in [-0.2, 0) is 11.3 Å². The second-order valence-corrected chi connectivity index (χ2v) is 7.01. The van der Waals surface area contributed by atoms with Crippen LogP contribution < -0.4 is 10.2 Å². The topological polar surface area (TPSA) is 53.9 Å². The maximum absolute atomic E-state index is 12.7. The summed E-state index contributed by atoms with van der Waals surface area (Å²) in [6.07, 6.45) is 4.79. The van der Waals surface area contributed by atoms with Gasteiger partial charge in [-0.15, -0.1) is 0 Å². The van der Waals surface area contributed by atoms with Crippen molar-refractivity contribution >= 4 is 23.3 Å². The molecule has 2 N–H and O–H groups in total. The van der Waals surface area contributed by atoms with Crippen LogP contribution in [0, 0.1) is 0 Å². The second-order valence-electron chi connectivity index (χ2n) is 6.23. The minimum Gasteiger partial charge on any atom is -0.323 e. The molecule has 1 spiro atoms. The van der Waals surface area contributed by atoms with Crippen LogP contribution in [0.2, 0.25) is 0 Å². The van der Waals surface area contributed by atoms with Crippen molar-refractivity contribution in [3.8, 4) is 0 Å². The molecular formula is C15H22N3O2S+. The number of imide groups is 1. The molecule has 1 atom stereocenters. The van der Waals surface area contributed by atoms with Crippen LogP contribution in [0.4, 0.5) is 4.79 Å². The Morgan fingerprint density at radius 2 is 2.10 bits per heavy atom. The van der Waals surface area contributed by atoms with Crippen molar-refractivity contribution in [3.63, 3.8) is 0 Å². The van der Waals surface area contributed by atoms with Gasteiger partial charge in [-0.3, -0.25) is 4.79 Å². The van der Waals surface area contributed by atoms with Crippen molar-refractivity contribution < 1.29 is 14.5 Å². The Labute approximate surface area is 128 Å². The first-order chi connectivity index (χ1) is 10.1. The molecule has 21 heavy (non-hydrogen) atoms. The van der Waals surface area contributed by atoms with E-state index >= 15 is 0 Å². The summed E-state index contributed by atoms with van der Waals surface area (Å²) in [7, 11) is 2.02. The summed E-state index contributed by atoms with van der Waals surface area (Å²) in [5, 5.41) is 7.12. The van der Waals surface area contributed by atoms with E-state index in [-0.39, 0.29) is 11.9 Å². The molecule has 0 bridgehead atoms. The van der Waals surface area contributed by atoms with E-state index in [1.807, 2.05) is 12.4 Å². The summed E-state index contributed by atoms with van der Waals surface area (Å²) in [6, 6.07) is 1.87. The first-order valence-corrected chi connectivity index (χ1v) is 8.51. The summed E-state index contributed by atoms with van der Waals surface area (Å²) >= 11 is 1.67. The zero-order chi connectivity index (χ0) is 14.9. The molecule has 114 valence electrons. The van der Waals surface area contributed by atoms with Crippen molar-refractivity contribution in [2.24, 2.45) is 0 Å². The van der Waals surface area contributed by atoms with Gasteiger partial charge in [0.2, 0.25) is 0 Å². The fourth-order valence-electron chi connectivity index (χ4n) is 3.38. The number of urea groups is 1. The molecule has 1 aromatic rings. The van der Waals surface area contributed by atoms with Gasteiger partial charge in [-0.25, -0.2) is 9.69 Å². The first-order valence-electron chi connectivity index (χ1n) is 7.57. The lowest BCUT2D eigenvalue weighted by atomic mass is 9.82. The van der Waals surface area contributed by atoms with Crippen molar-refractivity contribution in [2.45, 2.75) is 44.2 Å². The lowest BCUT2D eigenvalue weighted by molar-refractivity contribution is -0.901. The molecule has 1 aliphatic heterocycles. The maximum atomic E-state index is 12.7. The number of quaternary nitrogens is 1. The van der Waals surface area contributed by atoms with Gasteiger partial charge in [-0.05, 0) is 29.7 Å². The average Bonchev–Trinajstić information content (AvgIpc) is 3.04. The smallest absolute Gasteiger partial charge is 0.323 e. The number of carbonyl (C=O) groups is 2. The lowest BCUT2D eigenvalue weighted by Crippen LogP contribution is -3.09. The normalized spacial score (nSPS) is 22.6. The molecule has 1 aliphatic carbocycles. The Kier molecular flexibility index (Phi) is 3.99. The molecule has 0 radical (unpaired) electrons. The van der Waals surface area contributed by atoms with Crippen LogP contribution in [-0.4, -0.2) is 36.1 Å². The summed E-state index contributed by atoms with van der Waals surface area (Å²) in [4.78, 5) is 27.4. The number of carbonyl (C=O) groups excluding carboxylic acids is 2. The predicted molar refractivity (Wildman–Crippen MR) is 81.0 cm³/mol. The Bertz CT molecular complexity index is 523. The Balaban J connectivity index is 1.65. The molecule has 2 heterocycles. The number of nitrogens with one attached hydrogen (secondary N) is 2. The Morgan fingerprint density at radius 1 is 1.33 bits per heavy atom. The van der Waals surface area contributed by atoms with E-state index in [1.165, 1.54) is 10.5 Å². The fourth-order valence-corrected chi connectivity index (χ4v) is 4.05. The van der Waals surface area contributed by atoms with Crippen LogP contribution in [0.15, 0.2) is 16.8 Å². The third-order valence-electron chi connectivity index (χ3n) is 4.47. The van der Waals surface area contributed by atoms with Crippen LogP contribution in [0.1, 0.15) is 37.7 Å². The second kappa shape index (κ2) is 5.77. The highest BCUT2D eigenvalue weighted by atomic mass is 32.1. The molecule has 0 aromatic carbocycles. The number of hydrogen-bond acceptors (Lipinski definition) is 3. The molecule has 2 aliphatic rings. The zero-order valence-electron chi connectivity index (χ0n) is 12.4. The molecule has 1 saturated carbocycles. The molecule has 2 fully saturated rings. The van der Waals surface area contributed by atoms with E-state index in [0.29, 0.717) is 6.67 Å². The van der Waals surface area contributed by atoms with Gasteiger partial charge in [0.25, 0.3) is 5.91 Å². The molecule has 6 heteroatoms. The Morgan fingerprint density at radius 3 is 2.76 bits per heavy atom. The van der Waals surface area contributed by atoms with Crippen molar-refractivity contribution in [1.82, 2.24) is 10.2 Å². The maximum Gasteiger partial charge on any atom is 0.329 e. The molecule has 1 aromatic heterocycles. The van der Waals surface area contributed by atoms with Gasteiger partial charge in [-0.1, -0.05) is 19.3 Å². The summed E-state index contributed by atoms with van der Waals surface area (Å²) in [6.45, 7) is 1.26.